The normalized spacial score (nSPS) is 14.9. The van der Waals surface area contributed by atoms with Crippen molar-refractivity contribution in [3.8, 4) is 5.69 Å². The monoisotopic (exact) mass is 441 g/mol. The lowest BCUT2D eigenvalue weighted by Crippen LogP contribution is -2.37. The fourth-order valence-corrected chi connectivity index (χ4v) is 4.48. The summed E-state index contributed by atoms with van der Waals surface area (Å²) in [6.07, 6.45) is 3.05. The number of carbonyl (C=O) groups is 1. The first-order chi connectivity index (χ1) is 15.6. The molecule has 0 bridgehead atoms. The number of fused-ring (bicyclic) bond motifs is 3. The number of halogens is 1. The highest BCUT2D eigenvalue weighted by Crippen LogP contribution is 2.37. The predicted molar refractivity (Wildman–Crippen MR) is 129 cm³/mol. The molecule has 1 N–H and O–H groups in total. The highest BCUT2D eigenvalue weighted by molar-refractivity contribution is 6.30. The van der Waals surface area contributed by atoms with Crippen LogP contribution < -0.4 is 5.32 Å². The van der Waals surface area contributed by atoms with Crippen LogP contribution in [0.2, 0.25) is 5.02 Å². The van der Waals surface area contributed by atoms with Crippen molar-refractivity contribution in [2.24, 2.45) is 0 Å². The third-order valence-corrected chi connectivity index (χ3v) is 6.28. The molecule has 1 aromatic heterocycles. The number of aryl methyl sites for hydroxylation is 1. The van der Waals surface area contributed by atoms with E-state index in [1.807, 2.05) is 35.2 Å². The van der Waals surface area contributed by atoms with Crippen molar-refractivity contribution in [2.75, 3.05) is 5.32 Å². The number of urea groups is 1. The maximum atomic E-state index is 13.6. The molecule has 2 amide bonds. The van der Waals surface area contributed by atoms with E-state index in [1.165, 1.54) is 5.56 Å². The summed E-state index contributed by atoms with van der Waals surface area (Å²) in [6.45, 7) is 2.64. The van der Waals surface area contributed by atoms with E-state index in [2.05, 4.69) is 65.5 Å². The molecule has 5 heteroatoms. The highest BCUT2D eigenvalue weighted by atomic mass is 35.5. The molecule has 1 aliphatic rings. The van der Waals surface area contributed by atoms with Crippen LogP contribution in [0, 0.1) is 0 Å². The molecule has 0 saturated heterocycles. The minimum atomic E-state index is -0.226. The van der Waals surface area contributed by atoms with Gasteiger partial charge in [0.25, 0.3) is 0 Å². The Morgan fingerprint density at radius 3 is 2.47 bits per heavy atom. The SMILES string of the molecule is CCc1ccc([C@H]2c3cccn3-c3ccccc3CN2C(=O)Nc2ccc(Cl)cc2)cc1. The quantitative estimate of drug-likeness (QED) is 0.371. The number of benzene rings is 3. The molecule has 0 unspecified atom stereocenters. The molecule has 3 aromatic carbocycles. The van der Waals surface area contributed by atoms with Gasteiger partial charge in [-0.15, -0.1) is 0 Å². The lowest BCUT2D eigenvalue weighted by Gasteiger charge is -2.31. The first kappa shape index (κ1) is 20.4. The average molecular weight is 442 g/mol. The van der Waals surface area contributed by atoms with E-state index in [4.69, 9.17) is 11.6 Å². The standard InChI is InChI=1S/C27H24ClN3O/c1-2-19-9-11-20(12-10-19)26-25-8-5-17-30(25)24-7-4-3-6-21(24)18-31(26)27(32)29-23-15-13-22(28)14-16-23/h3-17,26H,2,18H2,1H3,(H,29,32)/t26-/m0/s1. The lowest BCUT2D eigenvalue weighted by atomic mass is 10.00. The van der Waals surface area contributed by atoms with Gasteiger partial charge in [-0.1, -0.05) is 61.0 Å². The smallest absolute Gasteiger partial charge is 0.318 e. The zero-order valence-electron chi connectivity index (χ0n) is 17.8. The molecule has 4 aromatic rings. The minimum absolute atomic E-state index is 0.152. The number of rotatable bonds is 3. The number of carbonyl (C=O) groups excluding carboxylic acids is 1. The highest BCUT2D eigenvalue weighted by Gasteiger charge is 2.32. The van der Waals surface area contributed by atoms with Crippen LogP contribution in [0.5, 0.6) is 0 Å². The molecule has 0 radical (unpaired) electrons. The Hall–Kier alpha value is -3.50. The Morgan fingerprint density at radius 1 is 0.969 bits per heavy atom. The number of aromatic nitrogens is 1. The molecule has 1 aliphatic heterocycles. The van der Waals surface area contributed by atoms with Crippen LogP contribution in [0.15, 0.2) is 91.1 Å². The maximum absolute atomic E-state index is 13.6. The average Bonchev–Trinajstić information content (AvgIpc) is 3.25. The number of hydrogen-bond acceptors (Lipinski definition) is 1. The van der Waals surface area contributed by atoms with Crippen LogP contribution in [-0.2, 0) is 13.0 Å². The Labute approximate surface area is 193 Å². The van der Waals surface area contributed by atoms with Gasteiger partial charge in [0.15, 0.2) is 0 Å². The summed E-state index contributed by atoms with van der Waals surface area (Å²) in [5, 5.41) is 3.70. The molecule has 1 atom stereocenters. The molecule has 0 fully saturated rings. The summed E-state index contributed by atoms with van der Waals surface area (Å²) in [4.78, 5) is 15.5. The van der Waals surface area contributed by atoms with Crippen molar-refractivity contribution in [3.63, 3.8) is 0 Å². The van der Waals surface area contributed by atoms with Gasteiger partial charge in [-0.2, -0.15) is 0 Å². The van der Waals surface area contributed by atoms with Gasteiger partial charge < -0.3 is 14.8 Å². The van der Waals surface area contributed by atoms with Gasteiger partial charge in [-0.25, -0.2) is 4.79 Å². The molecule has 160 valence electrons. The Morgan fingerprint density at radius 2 is 1.72 bits per heavy atom. The molecular formula is C27H24ClN3O. The van der Waals surface area contributed by atoms with E-state index in [0.717, 1.165) is 28.9 Å². The zero-order chi connectivity index (χ0) is 22.1. The van der Waals surface area contributed by atoms with Crippen LogP contribution >= 0.6 is 11.6 Å². The molecule has 0 saturated carbocycles. The molecule has 0 aliphatic carbocycles. The first-order valence-corrected chi connectivity index (χ1v) is 11.2. The van der Waals surface area contributed by atoms with Gasteiger partial charge in [0.2, 0.25) is 0 Å². The van der Waals surface area contributed by atoms with E-state index in [0.29, 0.717) is 17.3 Å². The van der Waals surface area contributed by atoms with Crippen LogP contribution in [0.25, 0.3) is 5.69 Å². The number of nitrogens with zero attached hydrogens (tertiary/aromatic N) is 2. The summed E-state index contributed by atoms with van der Waals surface area (Å²) in [6, 6.07) is 27.8. The summed E-state index contributed by atoms with van der Waals surface area (Å²) in [5.41, 5.74) is 6.34. The number of anilines is 1. The Bertz CT molecular complexity index is 1240. The second kappa shape index (κ2) is 8.56. The Balaban J connectivity index is 1.61. The second-order valence-corrected chi connectivity index (χ2v) is 8.43. The second-order valence-electron chi connectivity index (χ2n) is 7.99. The predicted octanol–water partition coefficient (Wildman–Crippen LogP) is 6.83. The topological polar surface area (TPSA) is 37.3 Å². The van der Waals surface area contributed by atoms with E-state index in [9.17, 15) is 4.79 Å². The number of amides is 2. The Kier molecular flexibility index (Phi) is 5.46. The molecule has 4 nitrogen and oxygen atoms in total. The van der Waals surface area contributed by atoms with Crippen molar-refractivity contribution in [3.05, 3.63) is 119 Å². The zero-order valence-corrected chi connectivity index (χ0v) is 18.6. The van der Waals surface area contributed by atoms with E-state index < -0.39 is 0 Å². The van der Waals surface area contributed by atoms with Gasteiger partial charge in [0, 0.05) is 22.6 Å². The van der Waals surface area contributed by atoms with Crippen molar-refractivity contribution >= 4 is 23.3 Å². The first-order valence-electron chi connectivity index (χ1n) is 10.8. The minimum Gasteiger partial charge on any atom is -0.318 e. The van der Waals surface area contributed by atoms with E-state index in [1.54, 1.807) is 12.1 Å². The molecule has 2 heterocycles. The van der Waals surface area contributed by atoms with Gasteiger partial charge in [-0.05, 0) is 65.6 Å². The fourth-order valence-electron chi connectivity index (χ4n) is 4.35. The largest absolute Gasteiger partial charge is 0.322 e. The van der Waals surface area contributed by atoms with Crippen LogP contribution in [-0.4, -0.2) is 15.5 Å². The third-order valence-electron chi connectivity index (χ3n) is 6.02. The van der Waals surface area contributed by atoms with Crippen molar-refractivity contribution in [1.29, 1.82) is 0 Å². The summed E-state index contributed by atoms with van der Waals surface area (Å²) in [5.74, 6) is 0. The fraction of sp³-hybridized carbons (Fsp3) is 0.148. The summed E-state index contributed by atoms with van der Waals surface area (Å²) < 4.78 is 2.20. The van der Waals surface area contributed by atoms with Gasteiger partial charge in [-0.3, -0.25) is 0 Å². The van der Waals surface area contributed by atoms with Crippen molar-refractivity contribution in [1.82, 2.24) is 9.47 Å². The summed E-state index contributed by atoms with van der Waals surface area (Å²) in [7, 11) is 0. The third kappa shape index (κ3) is 3.78. The molecule has 5 rings (SSSR count). The molecular weight excluding hydrogens is 418 g/mol. The van der Waals surface area contributed by atoms with E-state index >= 15 is 0 Å². The maximum Gasteiger partial charge on any atom is 0.322 e. The number of hydrogen-bond donors (Lipinski definition) is 1. The summed E-state index contributed by atoms with van der Waals surface area (Å²) >= 11 is 6.02. The van der Waals surface area contributed by atoms with Gasteiger partial charge >= 0.3 is 6.03 Å². The lowest BCUT2D eigenvalue weighted by molar-refractivity contribution is 0.194. The van der Waals surface area contributed by atoms with Crippen LogP contribution in [0.4, 0.5) is 10.5 Å². The van der Waals surface area contributed by atoms with Crippen LogP contribution in [0.1, 0.15) is 35.3 Å². The number of nitrogens with one attached hydrogen (secondary N) is 1. The van der Waals surface area contributed by atoms with Crippen molar-refractivity contribution in [2.45, 2.75) is 25.9 Å². The van der Waals surface area contributed by atoms with Crippen molar-refractivity contribution < 1.29 is 4.79 Å². The van der Waals surface area contributed by atoms with Crippen LogP contribution in [0.3, 0.4) is 0 Å². The molecule has 32 heavy (non-hydrogen) atoms. The van der Waals surface area contributed by atoms with Gasteiger partial charge in [0.1, 0.15) is 0 Å². The number of para-hydroxylation sites is 1. The van der Waals surface area contributed by atoms with Gasteiger partial charge in [0.05, 0.1) is 18.3 Å². The molecule has 0 spiro atoms. The van der Waals surface area contributed by atoms with E-state index in [-0.39, 0.29) is 12.1 Å².